The molecule has 178 valence electrons. The smallest absolute Gasteiger partial charge is 0.247 e. The average molecular weight is 473 g/mol. The molecule has 1 aliphatic rings. The van der Waals surface area contributed by atoms with Gasteiger partial charge in [0.05, 0.1) is 29.8 Å². The summed E-state index contributed by atoms with van der Waals surface area (Å²) in [5, 5.41) is 6.09. The molecule has 1 unspecified atom stereocenters. The number of likely N-dealkylation sites (tertiary alicyclic amines) is 1. The lowest BCUT2D eigenvalue weighted by Crippen LogP contribution is -2.22. The minimum atomic E-state index is -0.327. The maximum Gasteiger partial charge on any atom is 0.247 e. The molecule has 5 rings (SSSR count). The van der Waals surface area contributed by atoms with Crippen molar-refractivity contribution in [2.24, 2.45) is 0 Å². The van der Waals surface area contributed by atoms with Crippen LogP contribution in [0.15, 0.2) is 73.7 Å². The average Bonchev–Trinajstić information content (AvgIpc) is 3.46. The van der Waals surface area contributed by atoms with E-state index in [1.165, 1.54) is 18.2 Å². The minimum absolute atomic E-state index is 0.0600. The Morgan fingerprint density at radius 1 is 1.23 bits per heavy atom. The molecule has 0 saturated carbocycles. The SMILES string of the molecule is C=CC(=O)Nc1cc(Nc2cn3c(-c4cccc(F)c4)ncc3cn2)ccc1OC1CCN(C)C1. The van der Waals surface area contributed by atoms with E-state index < -0.39 is 0 Å². The minimum Gasteiger partial charge on any atom is -0.487 e. The third-order valence-corrected chi connectivity index (χ3v) is 5.83. The molecule has 9 heteroatoms. The van der Waals surface area contributed by atoms with Crippen LogP contribution in [0.5, 0.6) is 5.75 Å². The van der Waals surface area contributed by atoms with E-state index in [2.05, 4.69) is 39.1 Å². The summed E-state index contributed by atoms with van der Waals surface area (Å²) in [6.07, 6.45) is 7.37. The Morgan fingerprint density at radius 2 is 2.09 bits per heavy atom. The molecule has 0 aliphatic carbocycles. The summed E-state index contributed by atoms with van der Waals surface area (Å²) in [6, 6.07) is 11.8. The molecule has 35 heavy (non-hydrogen) atoms. The zero-order chi connectivity index (χ0) is 24.4. The fourth-order valence-electron chi connectivity index (χ4n) is 4.11. The summed E-state index contributed by atoms with van der Waals surface area (Å²) in [4.78, 5) is 23.1. The van der Waals surface area contributed by atoms with Crippen LogP contribution >= 0.6 is 0 Å². The molecule has 1 amide bonds. The van der Waals surface area contributed by atoms with Gasteiger partial charge in [0.15, 0.2) is 0 Å². The van der Waals surface area contributed by atoms with Crippen LogP contribution in [-0.2, 0) is 4.79 Å². The van der Waals surface area contributed by atoms with Crippen LogP contribution in [0.1, 0.15) is 6.42 Å². The molecule has 2 N–H and O–H groups in total. The van der Waals surface area contributed by atoms with E-state index in [1.54, 1.807) is 36.8 Å². The van der Waals surface area contributed by atoms with Gasteiger partial charge >= 0.3 is 0 Å². The van der Waals surface area contributed by atoms with Crippen LogP contribution in [0.2, 0.25) is 0 Å². The Hall–Kier alpha value is -4.24. The number of hydrogen-bond acceptors (Lipinski definition) is 6. The van der Waals surface area contributed by atoms with Crippen LogP contribution in [0, 0.1) is 5.82 Å². The largest absolute Gasteiger partial charge is 0.487 e. The van der Waals surface area contributed by atoms with Gasteiger partial charge < -0.3 is 20.3 Å². The lowest BCUT2D eigenvalue weighted by Gasteiger charge is -2.18. The van der Waals surface area contributed by atoms with Crippen molar-refractivity contribution in [3.8, 4) is 17.1 Å². The molecule has 0 bridgehead atoms. The van der Waals surface area contributed by atoms with Gasteiger partial charge in [0, 0.05) is 24.3 Å². The van der Waals surface area contributed by atoms with Crippen molar-refractivity contribution in [1.29, 1.82) is 0 Å². The summed E-state index contributed by atoms with van der Waals surface area (Å²) in [7, 11) is 2.06. The maximum absolute atomic E-state index is 13.7. The number of imidazole rings is 1. The van der Waals surface area contributed by atoms with Gasteiger partial charge in [-0.1, -0.05) is 18.7 Å². The number of carbonyl (C=O) groups is 1. The van der Waals surface area contributed by atoms with E-state index in [-0.39, 0.29) is 17.8 Å². The second-order valence-electron chi connectivity index (χ2n) is 8.48. The van der Waals surface area contributed by atoms with E-state index >= 15 is 0 Å². The Labute approximate surface area is 202 Å². The third kappa shape index (κ3) is 4.99. The van der Waals surface area contributed by atoms with E-state index in [4.69, 9.17) is 4.74 Å². The van der Waals surface area contributed by atoms with Crippen molar-refractivity contribution >= 4 is 28.6 Å². The number of carbonyl (C=O) groups excluding carboxylic acids is 1. The first-order chi connectivity index (χ1) is 17.0. The maximum atomic E-state index is 13.7. The monoisotopic (exact) mass is 472 g/mol. The molecule has 4 aromatic rings. The molecule has 3 heterocycles. The number of rotatable bonds is 7. The van der Waals surface area contributed by atoms with E-state index in [0.29, 0.717) is 34.3 Å². The molecule has 0 spiro atoms. The second kappa shape index (κ2) is 9.55. The predicted octanol–water partition coefficient (Wildman–Crippen LogP) is 4.49. The van der Waals surface area contributed by atoms with Crippen molar-refractivity contribution in [3.05, 3.63) is 79.5 Å². The number of hydrogen-bond donors (Lipinski definition) is 2. The van der Waals surface area contributed by atoms with Crippen LogP contribution in [0.25, 0.3) is 16.9 Å². The highest BCUT2D eigenvalue weighted by Gasteiger charge is 2.22. The fourth-order valence-corrected chi connectivity index (χ4v) is 4.11. The summed E-state index contributed by atoms with van der Waals surface area (Å²) >= 11 is 0. The van der Waals surface area contributed by atoms with Crippen molar-refractivity contribution in [2.75, 3.05) is 30.8 Å². The summed E-state index contributed by atoms with van der Waals surface area (Å²) in [5.74, 6) is 1.10. The molecule has 2 aromatic heterocycles. The van der Waals surface area contributed by atoms with Gasteiger partial charge in [-0.25, -0.2) is 14.4 Å². The zero-order valence-electron chi connectivity index (χ0n) is 19.2. The van der Waals surface area contributed by atoms with Crippen molar-refractivity contribution in [2.45, 2.75) is 12.5 Å². The van der Waals surface area contributed by atoms with Gasteiger partial charge in [-0.15, -0.1) is 0 Å². The molecule has 1 fully saturated rings. The lowest BCUT2D eigenvalue weighted by molar-refractivity contribution is -0.111. The first-order valence-electron chi connectivity index (χ1n) is 11.3. The van der Waals surface area contributed by atoms with Gasteiger partial charge in [0.2, 0.25) is 5.91 Å². The molecule has 0 radical (unpaired) electrons. The van der Waals surface area contributed by atoms with Crippen molar-refractivity contribution in [1.82, 2.24) is 19.3 Å². The Balaban J connectivity index is 1.43. The summed E-state index contributed by atoms with van der Waals surface area (Å²) in [6.45, 7) is 5.34. The van der Waals surface area contributed by atoms with Crippen LogP contribution in [-0.4, -0.2) is 51.4 Å². The standard InChI is InChI=1S/C26H25FN6O2/c1-3-25(34)31-22-12-19(7-8-23(22)35-21-9-10-32(2)15-21)30-24-16-33-20(13-28-24)14-29-26(33)17-5-4-6-18(27)11-17/h3-8,11-14,16,21,30H,1,9-10,15H2,2H3,(H,31,34). The number of aromatic nitrogens is 3. The number of halogens is 1. The number of anilines is 3. The van der Waals surface area contributed by atoms with Crippen molar-refractivity contribution < 1.29 is 13.9 Å². The van der Waals surface area contributed by atoms with Crippen LogP contribution in [0.3, 0.4) is 0 Å². The number of nitrogens with zero attached hydrogens (tertiary/aromatic N) is 4. The number of amides is 1. The molecule has 1 atom stereocenters. The molecule has 2 aromatic carbocycles. The lowest BCUT2D eigenvalue weighted by atomic mass is 10.2. The van der Waals surface area contributed by atoms with Gasteiger partial charge in [-0.05, 0) is 49.9 Å². The van der Waals surface area contributed by atoms with Gasteiger partial charge in [-0.3, -0.25) is 9.20 Å². The number of likely N-dealkylation sites (N-methyl/N-ethyl adjacent to an activating group) is 1. The first-order valence-corrected chi connectivity index (χ1v) is 11.3. The number of fused-ring (bicyclic) bond motifs is 1. The van der Waals surface area contributed by atoms with E-state index in [0.717, 1.165) is 25.0 Å². The molecular weight excluding hydrogens is 447 g/mol. The number of ether oxygens (including phenoxy) is 1. The summed E-state index contributed by atoms with van der Waals surface area (Å²) in [5.41, 5.74) is 2.69. The molecular formula is C26H25FN6O2. The fraction of sp³-hybridized carbons (Fsp3) is 0.192. The van der Waals surface area contributed by atoms with E-state index in [1.807, 2.05) is 16.5 Å². The Kier molecular flexibility index (Phi) is 6.15. The van der Waals surface area contributed by atoms with Gasteiger partial charge in [-0.2, -0.15) is 0 Å². The number of benzene rings is 2. The highest BCUT2D eigenvalue weighted by Crippen LogP contribution is 2.32. The Morgan fingerprint density at radius 3 is 2.86 bits per heavy atom. The molecule has 8 nitrogen and oxygen atoms in total. The van der Waals surface area contributed by atoms with Gasteiger partial charge in [0.1, 0.15) is 29.3 Å². The Bertz CT molecular complexity index is 1400. The van der Waals surface area contributed by atoms with Gasteiger partial charge in [0.25, 0.3) is 0 Å². The normalized spacial score (nSPS) is 15.8. The van der Waals surface area contributed by atoms with Crippen LogP contribution < -0.4 is 15.4 Å². The first kappa shape index (κ1) is 22.5. The summed E-state index contributed by atoms with van der Waals surface area (Å²) < 4.78 is 21.8. The highest BCUT2D eigenvalue weighted by molar-refractivity contribution is 6.00. The zero-order valence-corrected chi connectivity index (χ0v) is 19.2. The number of nitrogens with one attached hydrogen (secondary N) is 2. The van der Waals surface area contributed by atoms with Crippen molar-refractivity contribution in [3.63, 3.8) is 0 Å². The quantitative estimate of drug-likeness (QED) is 0.386. The second-order valence-corrected chi connectivity index (χ2v) is 8.48. The molecule has 1 saturated heterocycles. The highest BCUT2D eigenvalue weighted by atomic mass is 19.1. The predicted molar refractivity (Wildman–Crippen MR) is 133 cm³/mol. The van der Waals surface area contributed by atoms with E-state index in [9.17, 15) is 9.18 Å². The topological polar surface area (TPSA) is 83.8 Å². The third-order valence-electron chi connectivity index (χ3n) is 5.83. The molecule has 1 aliphatic heterocycles. The van der Waals surface area contributed by atoms with Crippen LogP contribution in [0.4, 0.5) is 21.6 Å².